The monoisotopic (exact) mass is 402 g/mol. The summed E-state index contributed by atoms with van der Waals surface area (Å²) < 4.78 is 1.59. The maximum atomic E-state index is 12.9. The molecule has 0 bridgehead atoms. The van der Waals surface area contributed by atoms with Gasteiger partial charge in [-0.2, -0.15) is 5.10 Å². The van der Waals surface area contributed by atoms with Crippen LogP contribution < -0.4 is 5.73 Å². The van der Waals surface area contributed by atoms with E-state index in [0.29, 0.717) is 21.3 Å². The quantitative estimate of drug-likeness (QED) is 0.844. The van der Waals surface area contributed by atoms with Crippen LogP contribution in [-0.2, 0) is 0 Å². The summed E-state index contributed by atoms with van der Waals surface area (Å²) in [7, 11) is 0. The first-order valence-electron chi connectivity index (χ1n) is 8.04. The standard InChI is InChI=1S/C17H20Cl2N4O.ClH/c1-11(20)15-4-2-3-7-22(15)17(24)12-9-21-23(10-12)16-6-5-13(18)8-14(16)19;/h5-6,8-11,15H,2-4,7,20H2,1H3;1H. The highest BCUT2D eigenvalue weighted by Gasteiger charge is 2.30. The second-order valence-electron chi connectivity index (χ2n) is 6.19. The molecule has 2 atom stereocenters. The summed E-state index contributed by atoms with van der Waals surface area (Å²) in [5.41, 5.74) is 7.28. The maximum absolute atomic E-state index is 12.9. The van der Waals surface area contributed by atoms with Crippen molar-refractivity contribution in [1.29, 1.82) is 0 Å². The number of hydrogen-bond donors (Lipinski definition) is 1. The highest BCUT2D eigenvalue weighted by molar-refractivity contribution is 6.35. The predicted molar refractivity (Wildman–Crippen MR) is 103 cm³/mol. The molecule has 0 spiro atoms. The summed E-state index contributed by atoms with van der Waals surface area (Å²) in [6, 6.07) is 5.20. The van der Waals surface area contributed by atoms with Gasteiger partial charge in [0.1, 0.15) is 0 Å². The Hall–Kier alpha value is -1.27. The Labute approximate surface area is 163 Å². The van der Waals surface area contributed by atoms with Gasteiger partial charge in [-0.05, 0) is 44.4 Å². The Balaban J connectivity index is 0.00000225. The first kappa shape index (κ1) is 20.0. The molecule has 2 heterocycles. The third kappa shape index (κ3) is 4.29. The van der Waals surface area contributed by atoms with Gasteiger partial charge < -0.3 is 10.6 Å². The van der Waals surface area contributed by atoms with Gasteiger partial charge in [-0.25, -0.2) is 4.68 Å². The van der Waals surface area contributed by atoms with Crippen LogP contribution in [-0.4, -0.2) is 39.2 Å². The minimum atomic E-state index is -0.0463. The average Bonchev–Trinajstić information content (AvgIpc) is 3.03. The van der Waals surface area contributed by atoms with E-state index in [1.54, 1.807) is 35.3 Å². The molecule has 3 rings (SSSR count). The van der Waals surface area contributed by atoms with Gasteiger partial charge in [0.2, 0.25) is 0 Å². The van der Waals surface area contributed by atoms with Gasteiger partial charge in [0.25, 0.3) is 5.91 Å². The van der Waals surface area contributed by atoms with Gasteiger partial charge in [0.15, 0.2) is 0 Å². The predicted octanol–water partition coefficient (Wildman–Crippen LogP) is 3.94. The molecule has 1 aliphatic rings. The minimum Gasteiger partial charge on any atom is -0.334 e. The van der Waals surface area contributed by atoms with Crippen LogP contribution in [0, 0.1) is 0 Å². The molecule has 2 unspecified atom stereocenters. The average molecular weight is 404 g/mol. The number of carbonyl (C=O) groups excluding carboxylic acids is 1. The fraction of sp³-hybridized carbons (Fsp3) is 0.412. The molecule has 8 heteroatoms. The molecular weight excluding hydrogens is 383 g/mol. The molecule has 2 aromatic rings. The van der Waals surface area contributed by atoms with E-state index < -0.39 is 0 Å². The first-order chi connectivity index (χ1) is 11.5. The van der Waals surface area contributed by atoms with Crippen LogP contribution in [0.2, 0.25) is 10.0 Å². The van der Waals surface area contributed by atoms with E-state index >= 15 is 0 Å². The van der Waals surface area contributed by atoms with Crippen molar-refractivity contribution in [2.24, 2.45) is 5.73 Å². The molecule has 5 nitrogen and oxygen atoms in total. The van der Waals surface area contributed by atoms with Gasteiger partial charge in [0, 0.05) is 29.8 Å². The Morgan fingerprint density at radius 3 is 2.80 bits per heavy atom. The number of carbonyl (C=O) groups is 1. The molecule has 25 heavy (non-hydrogen) atoms. The molecule has 136 valence electrons. The number of amides is 1. The molecule has 2 N–H and O–H groups in total. The van der Waals surface area contributed by atoms with Crippen molar-refractivity contribution in [3.05, 3.63) is 46.2 Å². The molecule has 1 fully saturated rings. The number of halogens is 3. The minimum absolute atomic E-state index is 0. The Bertz CT molecular complexity index is 747. The van der Waals surface area contributed by atoms with E-state index in [1.165, 1.54) is 0 Å². The van der Waals surface area contributed by atoms with E-state index in [4.69, 9.17) is 28.9 Å². The second kappa shape index (κ2) is 8.41. The van der Waals surface area contributed by atoms with E-state index in [0.717, 1.165) is 25.8 Å². The van der Waals surface area contributed by atoms with Crippen molar-refractivity contribution in [1.82, 2.24) is 14.7 Å². The van der Waals surface area contributed by atoms with Gasteiger partial charge in [-0.3, -0.25) is 4.79 Å². The Kier molecular flexibility index (Phi) is 6.74. The Morgan fingerprint density at radius 1 is 1.36 bits per heavy atom. The summed E-state index contributed by atoms with van der Waals surface area (Å²) in [5, 5.41) is 5.31. The van der Waals surface area contributed by atoms with Gasteiger partial charge >= 0.3 is 0 Å². The molecule has 1 aliphatic heterocycles. The molecule has 0 radical (unpaired) electrons. The van der Waals surface area contributed by atoms with Crippen molar-refractivity contribution in [2.45, 2.75) is 38.3 Å². The third-order valence-corrected chi connectivity index (χ3v) is 4.94. The summed E-state index contributed by atoms with van der Waals surface area (Å²) in [5.74, 6) is -0.0339. The SMILES string of the molecule is CC(N)C1CCCCN1C(=O)c1cnn(-c2ccc(Cl)cc2Cl)c1.Cl. The van der Waals surface area contributed by atoms with Gasteiger partial charge in [-0.1, -0.05) is 23.2 Å². The summed E-state index contributed by atoms with van der Waals surface area (Å²) >= 11 is 12.1. The number of aromatic nitrogens is 2. The van der Waals surface area contributed by atoms with Crippen LogP contribution in [0.3, 0.4) is 0 Å². The zero-order valence-corrected chi connectivity index (χ0v) is 16.2. The molecule has 1 aromatic carbocycles. The van der Waals surface area contributed by atoms with Crippen molar-refractivity contribution in [2.75, 3.05) is 6.54 Å². The molecule has 0 aliphatic carbocycles. The van der Waals surface area contributed by atoms with E-state index in [-0.39, 0.29) is 30.4 Å². The zero-order chi connectivity index (χ0) is 17.3. The van der Waals surface area contributed by atoms with E-state index in [2.05, 4.69) is 5.10 Å². The van der Waals surface area contributed by atoms with Crippen LogP contribution in [0.15, 0.2) is 30.6 Å². The highest BCUT2D eigenvalue weighted by Crippen LogP contribution is 2.25. The van der Waals surface area contributed by atoms with Crippen molar-refractivity contribution in [3.8, 4) is 5.69 Å². The molecule has 1 amide bonds. The summed E-state index contributed by atoms with van der Waals surface area (Å²) in [6.07, 6.45) is 6.33. The fourth-order valence-corrected chi connectivity index (χ4v) is 3.65. The molecule has 0 saturated carbocycles. The normalized spacial score (nSPS) is 18.6. The number of rotatable bonds is 3. The number of piperidine rings is 1. The number of likely N-dealkylation sites (tertiary alicyclic amines) is 1. The van der Waals surface area contributed by atoms with Crippen LogP contribution in [0.5, 0.6) is 0 Å². The fourth-order valence-electron chi connectivity index (χ4n) is 3.15. The number of nitrogens with two attached hydrogens (primary N) is 1. The van der Waals surface area contributed by atoms with Crippen LogP contribution in [0.4, 0.5) is 0 Å². The second-order valence-corrected chi connectivity index (χ2v) is 7.03. The third-order valence-electron chi connectivity index (χ3n) is 4.40. The van der Waals surface area contributed by atoms with Crippen LogP contribution in [0.1, 0.15) is 36.5 Å². The molecule has 1 aromatic heterocycles. The number of hydrogen-bond acceptors (Lipinski definition) is 3. The lowest BCUT2D eigenvalue weighted by molar-refractivity contribution is 0.0584. The van der Waals surface area contributed by atoms with Crippen LogP contribution in [0.25, 0.3) is 5.69 Å². The van der Waals surface area contributed by atoms with E-state index in [1.807, 2.05) is 11.8 Å². The topological polar surface area (TPSA) is 64.2 Å². The van der Waals surface area contributed by atoms with Gasteiger partial charge in [0.05, 0.1) is 22.5 Å². The Morgan fingerprint density at radius 2 is 2.12 bits per heavy atom. The molecule has 1 saturated heterocycles. The van der Waals surface area contributed by atoms with Gasteiger partial charge in [-0.15, -0.1) is 12.4 Å². The van der Waals surface area contributed by atoms with Crippen LogP contribution >= 0.6 is 35.6 Å². The van der Waals surface area contributed by atoms with Crippen molar-refractivity contribution >= 4 is 41.5 Å². The first-order valence-corrected chi connectivity index (χ1v) is 8.79. The largest absolute Gasteiger partial charge is 0.334 e. The zero-order valence-electron chi connectivity index (χ0n) is 13.9. The van der Waals surface area contributed by atoms with Crippen molar-refractivity contribution in [3.63, 3.8) is 0 Å². The summed E-state index contributed by atoms with van der Waals surface area (Å²) in [4.78, 5) is 14.7. The molecular formula is C17H21Cl3N4O. The lowest BCUT2D eigenvalue weighted by Gasteiger charge is -2.37. The smallest absolute Gasteiger partial charge is 0.257 e. The summed E-state index contributed by atoms with van der Waals surface area (Å²) in [6.45, 7) is 2.69. The number of benzene rings is 1. The lowest BCUT2D eigenvalue weighted by Crippen LogP contribution is -2.51. The van der Waals surface area contributed by atoms with Crippen molar-refractivity contribution < 1.29 is 4.79 Å². The maximum Gasteiger partial charge on any atom is 0.257 e. The number of nitrogens with zero attached hydrogens (tertiary/aromatic N) is 3. The van der Waals surface area contributed by atoms with E-state index in [9.17, 15) is 4.79 Å². The highest BCUT2D eigenvalue weighted by atomic mass is 35.5. The lowest BCUT2D eigenvalue weighted by atomic mass is 9.96.